The minimum atomic E-state index is -0.979. The van der Waals surface area contributed by atoms with E-state index in [1.165, 1.54) is 0 Å². The lowest BCUT2D eigenvalue weighted by Gasteiger charge is -2.18. The molecule has 1 aliphatic heterocycles. The van der Waals surface area contributed by atoms with Gasteiger partial charge >= 0.3 is 5.97 Å². The van der Waals surface area contributed by atoms with Crippen LogP contribution in [0.3, 0.4) is 0 Å². The molecule has 0 aromatic heterocycles. The van der Waals surface area contributed by atoms with Gasteiger partial charge in [-0.15, -0.1) is 0 Å². The molecule has 1 N–H and O–H groups in total. The van der Waals surface area contributed by atoms with E-state index < -0.39 is 5.60 Å². The average molecular weight is 156 g/mol. The summed E-state index contributed by atoms with van der Waals surface area (Å²) in [6.07, 6.45) is 3.92. The zero-order valence-corrected chi connectivity index (χ0v) is 6.54. The molecule has 0 unspecified atom stereocenters. The van der Waals surface area contributed by atoms with Crippen molar-refractivity contribution in [3.8, 4) is 0 Å². The zero-order chi connectivity index (χ0) is 8.32. The fourth-order valence-electron chi connectivity index (χ4n) is 1.01. The first-order valence-electron chi connectivity index (χ1n) is 3.72. The summed E-state index contributed by atoms with van der Waals surface area (Å²) >= 11 is 0. The molecule has 0 bridgehead atoms. The number of rotatable bonds is 1. The largest absolute Gasteiger partial charge is 0.461 e. The number of cyclic esters (lactones) is 1. The van der Waals surface area contributed by atoms with Crippen LogP contribution in [0.2, 0.25) is 0 Å². The van der Waals surface area contributed by atoms with Crippen LogP contribution in [0.5, 0.6) is 0 Å². The lowest BCUT2D eigenvalue weighted by Crippen LogP contribution is -2.27. The first kappa shape index (κ1) is 8.27. The second-order valence-corrected chi connectivity index (χ2v) is 2.72. The van der Waals surface area contributed by atoms with Gasteiger partial charge in [-0.1, -0.05) is 13.0 Å². The summed E-state index contributed by atoms with van der Waals surface area (Å²) in [6, 6.07) is 0. The summed E-state index contributed by atoms with van der Waals surface area (Å²) in [4.78, 5) is 10.8. The number of hydrogen-bond acceptors (Lipinski definition) is 3. The molecule has 0 amide bonds. The van der Waals surface area contributed by atoms with E-state index in [9.17, 15) is 9.90 Å². The molecule has 0 fully saturated rings. The van der Waals surface area contributed by atoms with Crippen molar-refractivity contribution < 1.29 is 14.6 Å². The minimum absolute atomic E-state index is 0.0694. The quantitative estimate of drug-likeness (QED) is 0.447. The van der Waals surface area contributed by atoms with Crippen LogP contribution in [-0.2, 0) is 9.53 Å². The maximum Gasteiger partial charge on any atom is 0.309 e. The van der Waals surface area contributed by atoms with Crippen molar-refractivity contribution in [3.63, 3.8) is 0 Å². The van der Waals surface area contributed by atoms with Crippen molar-refractivity contribution >= 4 is 5.97 Å². The standard InChI is InChI=1S/C8H12O3/c1-2-8(10)4-3-5-11-7(9)6-8/h3-4,10H,2,5-6H2,1H3/t8-/m1/s1. The molecule has 0 aliphatic carbocycles. The summed E-state index contributed by atoms with van der Waals surface area (Å²) in [6.45, 7) is 2.12. The van der Waals surface area contributed by atoms with E-state index in [1.54, 1.807) is 12.2 Å². The highest BCUT2D eigenvalue weighted by atomic mass is 16.5. The van der Waals surface area contributed by atoms with Crippen molar-refractivity contribution in [2.24, 2.45) is 0 Å². The van der Waals surface area contributed by atoms with Gasteiger partial charge in [-0.2, -0.15) is 0 Å². The highest BCUT2D eigenvalue weighted by Crippen LogP contribution is 2.19. The van der Waals surface area contributed by atoms with Crippen LogP contribution >= 0.6 is 0 Å². The van der Waals surface area contributed by atoms with Crippen molar-refractivity contribution in [1.29, 1.82) is 0 Å². The van der Waals surface area contributed by atoms with Crippen LogP contribution in [-0.4, -0.2) is 23.3 Å². The Hall–Kier alpha value is -0.830. The number of carbonyl (C=O) groups is 1. The third-order valence-corrected chi connectivity index (χ3v) is 1.83. The fourth-order valence-corrected chi connectivity index (χ4v) is 1.01. The predicted molar refractivity (Wildman–Crippen MR) is 40.0 cm³/mol. The third kappa shape index (κ3) is 2.05. The van der Waals surface area contributed by atoms with Gasteiger partial charge in [0.15, 0.2) is 0 Å². The van der Waals surface area contributed by atoms with Crippen molar-refractivity contribution in [3.05, 3.63) is 12.2 Å². The summed E-state index contributed by atoms with van der Waals surface area (Å²) < 4.78 is 4.71. The molecule has 62 valence electrons. The van der Waals surface area contributed by atoms with E-state index in [0.717, 1.165) is 0 Å². The van der Waals surface area contributed by atoms with E-state index in [1.807, 2.05) is 6.92 Å². The van der Waals surface area contributed by atoms with Gasteiger partial charge in [-0.05, 0) is 12.5 Å². The van der Waals surface area contributed by atoms with E-state index in [4.69, 9.17) is 4.74 Å². The van der Waals surface area contributed by atoms with Crippen LogP contribution in [0.25, 0.3) is 0 Å². The Morgan fingerprint density at radius 3 is 3.18 bits per heavy atom. The number of hydrogen-bond donors (Lipinski definition) is 1. The van der Waals surface area contributed by atoms with Gasteiger partial charge in [0.1, 0.15) is 6.61 Å². The predicted octanol–water partition coefficient (Wildman–Crippen LogP) is 0.631. The highest BCUT2D eigenvalue weighted by Gasteiger charge is 2.27. The van der Waals surface area contributed by atoms with Crippen molar-refractivity contribution in [2.75, 3.05) is 6.61 Å². The molecule has 1 atom stereocenters. The maximum absolute atomic E-state index is 10.8. The minimum Gasteiger partial charge on any atom is -0.461 e. The van der Waals surface area contributed by atoms with E-state index in [-0.39, 0.29) is 19.0 Å². The number of ether oxygens (including phenoxy) is 1. The average Bonchev–Trinajstić information content (AvgIpc) is 2.13. The smallest absolute Gasteiger partial charge is 0.309 e. The van der Waals surface area contributed by atoms with Gasteiger partial charge in [-0.3, -0.25) is 4.79 Å². The Morgan fingerprint density at radius 2 is 2.55 bits per heavy atom. The molecule has 3 heteroatoms. The molecule has 0 spiro atoms. The van der Waals surface area contributed by atoms with E-state index in [2.05, 4.69) is 0 Å². The SMILES string of the molecule is CC[C@@]1(O)C=CCOC(=O)C1. The highest BCUT2D eigenvalue weighted by molar-refractivity contribution is 5.71. The summed E-state index contributed by atoms with van der Waals surface area (Å²) in [7, 11) is 0. The van der Waals surface area contributed by atoms with Gasteiger partial charge in [0.05, 0.1) is 12.0 Å². The van der Waals surface area contributed by atoms with Crippen LogP contribution < -0.4 is 0 Å². The number of esters is 1. The van der Waals surface area contributed by atoms with Crippen LogP contribution in [0.15, 0.2) is 12.2 Å². The number of aliphatic hydroxyl groups is 1. The first-order valence-corrected chi connectivity index (χ1v) is 3.72. The second-order valence-electron chi connectivity index (χ2n) is 2.72. The monoisotopic (exact) mass is 156 g/mol. The summed E-state index contributed by atoms with van der Waals surface area (Å²) in [5.74, 6) is -0.334. The molecule has 3 nitrogen and oxygen atoms in total. The van der Waals surface area contributed by atoms with Crippen LogP contribution in [0.4, 0.5) is 0 Å². The van der Waals surface area contributed by atoms with E-state index >= 15 is 0 Å². The van der Waals surface area contributed by atoms with Gasteiger partial charge in [0.25, 0.3) is 0 Å². The van der Waals surface area contributed by atoms with E-state index in [0.29, 0.717) is 6.42 Å². The van der Waals surface area contributed by atoms with Gasteiger partial charge in [0, 0.05) is 0 Å². The molecule has 0 aromatic rings. The molecule has 1 aliphatic rings. The molecule has 1 heterocycles. The Bertz CT molecular complexity index is 186. The summed E-state index contributed by atoms with van der Waals surface area (Å²) in [5.41, 5.74) is -0.979. The molecule has 0 saturated carbocycles. The van der Waals surface area contributed by atoms with Crippen molar-refractivity contribution in [2.45, 2.75) is 25.4 Å². The van der Waals surface area contributed by atoms with Gasteiger partial charge in [0.2, 0.25) is 0 Å². The normalized spacial score (nSPS) is 31.3. The second kappa shape index (κ2) is 3.05. The number of carbonyl (C=O) groups excluding carboxylic acids is 1. The molecular weight excluding hydrogens is 144 g/mol. The molecule has 0 saturated heterocycles. The summed E-state index contributed by atoms with van der Waals surface area (Å²) in [5, 5.41) is 9.64. The molecule has 0 radical (unpaired) electrons. The molecule has 1 rings (SSSR count). The first-order chi connectivity index (χ1) is 5.16. The fraction of sp³-hybridized carbons (Fsp3) is 0.625. The molecular formula is C8H12O3. The van der Waals surface area contributed by atoms with Crippen LogP contribution in [0, 0.1) is 0 Å². The lowest BCUT2D eigenvalue weighted by atomic mass is 9.97. The third-order valence-electron chi connectivity index (χ3n) is 1.83. The lowest BCUT2D eigenvalue weighted by molar-refractivity contribution is -0.145. The Balaban J connectivity index is 2.70. The Labute approximate surface area is 65.7 Å². The van der Waals surface area contributed by atoms with Crippen molar-refractivity contribution in [1.82, 2.24) is 0 Å². The Morgan fingerprint density at radius 1 is 1.82 bits per heavy atom. The van der Waals surface area contributed by atoms with Gasteiger partial charge in [-0.25, -0.2) is 0 Å². The molecule has 11 heavy (non-hydrogen) atoms. The Kier molecular flexibility index (Phi) is 2.29. The van der Waals surface area contributed by atoms with Crippen LogP contribution in [0.1, 0.15) is 19.8 Å². The van der Waals surface area contributed by atoms with Gasteiger partial charge < -0.3 is 9.84 Å². The molecule has 0 aromatic carbocycles. The maximum atomic E-state index is 10.8. The topological polar surface area (TPSA) is 46.5 Å². The zero-order valence-electron chi connectivity index (χ0n) is 6.54.